The zero-order valence-corrected chi connectivity index (χ0v) is 24.9. The highest BCUT2D eigenvalue weighted by molar-refractivity contribution is 6.84. The average Bonchev–Trinajstić information content (AvgIpc) is 3.34. The van der Waals surface area contributed by atoms with E-state index in [9.17, 15) is 0 Å². The molecule has 0 spiro atoms. The summed E-state index contributed by atoms with van der Waals surface area (Å²) in [5, 5.41) is 0.301. The Morgan fingerprint density at radius 1 is 0.971 bits per heavy atom. The lowest BCUT2D eigenvalue weighted by molar-refractivity contribution is -0.0602. The van der Waals surface area contributed by atoms with Crippen LogP contribution in [0.15, 0.2) is 12.7 Å². The Labute approximate surface area is 215 Å². The van der Waals surface area contributed by atoms with E-state index in [1.807, 2.05) is 4.57 Å². The van der Waals surface area contributed by atoms with Gasteiger partial charge in [-0.1, -0.05) is 67.0 Å². The summed E-state index contributed by atoms with van der Waals surface area (Å²) in [5.74, 6) is 0. The number of halogens is 1. The van der Waals surface area contributed by atoms with E-state index in [4.69, 9.17) is 34.0 Å². The van der Waals surface area contributed by atoms with Gasteiger partial charge in [0.05, 0.1) is 12.9 Å². The Bertz CT molecular complexity index is 1020. The third-order valence-electron chi connectivity index (χ3n) is 7.48. The fraction of sp³-hybridized carbons (Fsp3) is 0.783. The largest absolute Gasteiger partial charge is 0.414 e. The molecule has 2 aromatic heterocycles. The Morgan fingerprint density at radius 3 is 2.17 bits per heavy atom. The molecule has 2 unspecified atom stereocenters. The van der Waals surface area contributed by atoms with Gasteiger partial charge in [-0.15, -0.1) is 0 Å². The van der Waals surface area contributed by atoms with Crippen LogP contribution < -0.4 is 0 Å². The summed E-state index contributed by atoms with van der Waals surface area (Å²) in [6.45, 7) is 18.1. The minimum atomic E-state index is -2.80. The summed E-state index contributed by atoms with van der Waals surface area (Å²) in [7, 11) is -3.77. The zero-order chi connectivity index (χ0) is 25.7. The van der Waals surface area contributed by atoms with Crippen LogP contribution >= 0.6 is 11.6 Å². The van der Waals surface area contributed by atoms with Gasteiger partial charge in [0.2, 0.25) is 0 Å². The van der Waals surface area contributed by atoms with E-state index in [-0.39, 0.29) is 34.4 Å². The number of hydrogen-bond acceptors (Lipinski definition) is 8. The maximum absolute atomic E-state index is 7.29. The molecule has 35 heavy (non-hydrogen) atoms. The maximum atomic E-state index is 7.29. The van der Waals surface area contributed by atoms with Crippen molar-refractivity contribution in [3.63, 3.8) is 0 Å². The van der Waals surface area contributed by atoms with Gasteiger partial charge in [-0.25, -0.2) is 15.0 Å². The van der Waals surface area contributed by atoms with Crippen LogP contribution in [-0.2, 0) is 22.4 Å². The molecule has 0 saturated carbocycles. The van der Waals surface area contributed by atoms with E-state index >= 15 is 0 Å². The molecule has 196 valence electrons. The summed E-state index contributed by atoms with van der Waals surface area (Å²) in [6, 6.07) is 0. The number of aromatic nitrogens is 4. The molecule has 0 aliphatic carbocycles. The number of ether oxygens (including phenoxy) is 2. The van der Waals surface area contributed by atoms with E-state index in [1.54, 1.807) is 13.4 Å². The molecule has 4 atom stereocenters. The van der Waals surface area contributed by atoms with Gasteiger partial charge in [0.25, 0.3) is 0 Å². The van der Waals surface area contributed by atoms with Crippen molar-refractivity contribution in [2.45, 2.75) is 102 Å². The molecule has 2 fully saturated rings. The molecule has 2 aliphatic heterocycles. The standard InChI is InChI=1S/C23H39ClN4O5Si2/c1-13(2)34(14(3)4)30-10-17-19(32-35(33-34,15(5)6)16(7)8)20(29-9)23(31-17)28-12-27-18-21(24)25-11-26-22(18)28/h11-17,19-20,23H,10H2,1-9H3/t17-,19?,20?,23-/m1/s1. The second-order valence-corrected chi connectivity index (χ2v) is 20.0. The van der Waals surface area contributed by atoms with Crippen molar-refractivity contribution in [1.29, 1.82) is 0 Å². The lowest BCUT2D eigenvalue weighted by Crippen LogP contribution is -2.65. The quantitative estimate of drug-likeness (QED) is 0.356. The first-order valence-electron chi connectivity index (χ1n) is 12.5. The van der Waals surface area contributed by atoms with E-state index in [0.29, 0.717) is 22.9 Å². The molecule has 2 aliphatic rings. The van der Waals surface area contributed by atoms with Crippen LogP contribution in [0.5, 0.6) is 0 Å². The summed E-state index contributed by atoms with van der Waals surface area (Å²) in [4.78, 5) is 12.9. The number of methoxy groups -OCH3 is 1. The predicted molar refractivity (Wildman–Crippen MR) is 139 cm³/mol. The third kappa shape index (κ3) is 4.41. The van der Waals surface area contributed by atoms with Gasteiger partial charge in [-0.2, -0.15) is 0 Å². The number of fused-ring (bicyclic) bond motifs is 2. The predicted octanol–water partition coefficient (Wildman–Crippen LogP) is 5.35. The van der Waals surface area contributed by atoms with Crippen molar-refractivity contribution in [3.05, 3.63) is 17.8 Å². The molecular formula is C23H39ClN4O5Si2. The van der Waals surface area contributed by atoms with Gasteiger partial charge in [-0.3, -0.25) is 4.57 Å². The first-order chi connectivity index (χ1) is 16.5. The molecule has 0 N–H and O–H groups in total. The smallest absolute Gasteiger partial charge is 0.335 e. The van der Waals surface area contributed by atoms with Gasteiger partial charge in [0, 0.05) is 7.11 Å². The van der Waals surface area contributed by atoms with Crippen LogP contribution in [0.2, 0.25) is 27.3 Å². The van der Waals surface area contributed by atoms with Crippen LogP contribution in [0.25, 0.3) is 11.2 Å². The number of hydrogen-bond donors (Lipinski definition) is 0. The molecule has 4 heterocycles. The van der Waals surface area contributed by atoms with Crippen LogP contribution in [0.1, 0.15) is 61.6 Å². The highest BCUT2D eigenvalue weighted by Crippen LogP contribution is 2.48. The van der Waals surface area contributed by atoms with Crippen LogP contribution in [0.3, 0.4) is 0 Å². The van der Waals surface area contributed by atoms with E-state index in [0.717, 1.165) is 0 Å². The number of nitrogens with zero attached hydrogens (tertiary/aromatic N) is 4. The highest BCUT2D eigenvalue weighted by Gasteiger charge is 2.62. The van der Waals surface area contributed by atoms with E-state index in [1.165, 1.54) is 6.33 Å². The lowest BCUT2D eigenvalue weighted by atomic mass is 10.1. The monoisotopic (exact) mass is 542 g/mol. The van der Waals surface area contributed by atoms with Crippen molar-refractivity contribution in [2.24, 2.45) is 0 Å². The molecule has 2 aromatic rings. The van der Waals surface area contributed by atoms with Gasteiger partial charge in [0.1, 0.15) is 30.2 Å². The fourth-order valence-corrected chi connectivity index (χ4v) is 17.0. The molecule has 0 aromatic carbocycles. The molecule has 4 rings (SSSR count). The summed E-state index contributed by atoms with van der Waals surface area (Å²) >= 11 is 6.26. The normalized spacial score (nSPS) is 28.7. The topological polar surface area (TPSA) is 89.8 Å². The van der Waals surface area contributed by atoms with Crippen molar-refractivity contribution >= 4 is 39.9 Å². The Hall–Kier alpha value is -0.926. The molecule has 0 bridgehead atoms. The Balaban J connectivity index is 1.80. The SMILES string of the molecule is COC1C2O[Si](C(C)C)(C(C)C)O[Si](C(C)C)(C(C)C)OC[C@H]2O[C@H]1n1cnc2c(Cl)ncnc21. The molecule has 12 heteroatoms. The van der Waals surface area contributed by atoms with Crippen LogP contribution in [0, 0.1) is 0 Å². The second-order valence-electron chi connectivity index (χ2n) is 10.8. The van der Waals surface area contributed by atoms with Crippen LogP contribution in [0.4, 0.5) is 0 Å². The van der Waals surface area contributed by atoms with Crippen LogP contribution in [-0.4, -0.2) is 68.7 Å². The number of rotatable bonds is 6. The first kappa shape index (κ1) is 27.1. The summed E-state index contributed by atoms with van der Waals surface area (Å²) < 4.78 is 35.8. The average molecular weight is 543 g/mol. The van der Waals surface area contributed by atoms with Crippen molar-refractivity contribution in [2.75, 3.05) is 13.7 Å². The summed E-state index contributed by atoms with van der Waals surface area (Å²) in [6.07, 6.45) is 1.51. The molecule has 9 nitrogen and oxygen atoms in total. The van der Waals surface area contributed by atoms with Gasteiger partial charge < -0.3 is 22.4 Å². The molecule has 0 amide bonds. The van der Waals surface area contributed by atoms with E-state index in [2.05, 4.69) is 70.3 Å². The molecular weight excluding hydrogens is 504 g/mol. The lowest BCUT2D eigenvalue weighted by Gasteiger charge is -2.51. The zero-order valence-electron chi connectivity index (χ0n) is 22.2. The minimum absolute atomic E-state index is 0.214. The van der Waals surface area contributed by atoms with E-state index < -0.39 is 29.5 Å². The first-order valence-corrected chi connectivity index (χ1v) is 16.8. The maximum Gasteiger partial charge on any atom is 0.335 e. The van der Waals surface area contributed by atoms with Gasteiger partial charge in [0.15, 0.2) is 17.0 Å². The van der Waals surface area contributed by atoms with Crippen molar-refractivity contribution < 1.29 is 22.4 Å². The van der Waals surface area contributed by atoms with Crippen molar-refractivity contribution in [3.8, 4) is 0 Å². The van der Waals surface area contributed by atoms with Gasteiger partial charge in [-0.05, 0) is 22.2 Å². The Morgan fingerprint density at radius 2 is 1.60 bits per heavy atom. The fourth-order valence-electron chi connectivity index (χ4n) is 5.61. The summed E-state index contributed by atoms with van der Waals surface area (Å²) in [5.41, 5.74) is 2.07. The van der Waals surface area contributed by atoms with Gasteiger partial charge >= 0.3 is 17.1 Å². The Kier molecular flexibility index (Phi) is 7.82. The third-order valence-corrected chi connectivity index (χ3v) is 18.0. The molecule has 2 saturated heterocycles. The number of imidazole rings is 1. The molecule has 0 radical (unpaired) electrons. The second kappa shape index (κ2) is 10.1. The minimum Gasteiger partial charge on any atom is -0.414 e. The highest BCUT2D eigenvalue weighted by atomic mass is 35.5. The van der Waals surface area contributed by atoms with Crippen molar-refractivity contribution in [1.82, 2.24) is 19.5 Å².